The van der Waals surface area contributed by atoms with E-state index in [1.165, 1.54) is 5.56 Å². The standard InChI is InChI=1S/C16H21NO3/c18-15(8-9-16(19)20)17-14-7-6-13(11-14)10-12-4-2-1-3-5-12/h1-5,13-14H,6-11H2,(H,17,18)(H,19,20). The highest BCUT2D eigenvalue weighted by Gasteiger charge is 2.25. The molecule has 4 heteroatoms. The van der Waals surface area contributed by atoms with Gasteiger partial charge in [-0.2, -0.15) is 0 Å². The minimum absolute atomic E-state index is 0.0786. The molecule has 0 aromatic heterocycles. The Morgan fingerprint density at radius 3 is 2.60 bits per heavy atom. The Morgan fingerprint density at radius 1 is 1.15 bits per heavy atom. The van der Waals surface area contributed by atoms with E-state index in [1.54, 1.807) is 0 Å². The fourth-order valence-corrected chi connectivity index (χ4v) is 2.86. The molecule has 1 aliphatic carbocycles. The van der Waals surface area contributed by atoms with Gasteiger partial charge in [-0.15, -0.1) is 0 Å². The first kappa shape index (κ1) is 14.6. The highest BCUT2D eigenvalue weighted by atomic mass is 16.4. The van der Waals surface area contributed by atoms with Gasteiger partial charge >= 0.3 is 5.97 Å². The number of hydrogen-bond donors (Lipinski definition) is 2. The van der Waals surface area contributed by atoms with Crippen molar-refractivity contribution in [2.75, 3.05) is 0 Å². The van der Waals surface area contributed by atoms with Gasteiger partial charge in [0.15, 0.2) is 0 Å². The van der Waals surface area contributed by atoms with Gasteiger partial charge in [0.05, 0.1) is 6.42 Å². The van der Waals surface area contributed by atoms with E-state index in [-0.39, 0.29) is 24.8 Å². The molecule has 0 bridgehead atoms. The molecule has 1 aromatic carbocycles. The Kier molecular flexibility index (Phi) is 5.16. The monoisotopic (exact) mass is 275 g/mol. The minimum atomic E-state index is -0.923. The smallest absolute Gasteiger partial charge is 0.303 e. The average molecular weight is 275 g/mol. The van der Waals surface area contributed by atoms with Crippen LogP contribution in [0.25, 0.3) is 0 Å². The first-order valence-electron chi connectivity index (χ1n) is 7.18. The number of rotatable bonds is 6. The van der Waals surface area contributed by atoms with E-state index in [4.69, 9.17) is 5.11 Å². The summed E-state index contributed by atoms with van der Waals surface area (Å²) in [5.41, 5.74) is 1.34. The van der Waals surface area contributed by atoms with Crippen LogP contribution in [0, 0.1) is 5.92 Å². The Balaban J connectivity index is 1.72. The number of carbonyl (C=O) groups is 2. The molecule has 2 atom stereocenters. The lowest BCUT2D eigenvalue weighted by molar-refractivity contribution is -0.138. The molecule has 1 saturated carbocycles. The van der Waals surface area contributed by atoms with Crippen molar-refractivity contribution in [3.8, 4) is 0 Å². The molecule has 0 spiro atoms. The number of hydrogen-bond acceptors (Lipinski definition) is 2. The third kappa shape index (κ3) is 4.68. The van der Waals surface area contributed by atoms with Crippen LogP contribution >= 0.6 is 0 Å². The number of aliphatic carboxylic acids is 1. The first-order chi connectivity index (χ1) is 9.63. The molecule has 108 valence electrons. The lowest BCUT2D eigenvalue weighted by Crippen LogP contribution is -2.33. The molecule has 2 unspecified atom stereocenters. The second-order valence-electron chi connectivity index (χ2n) is 5.53. The van der Waals surface area contributed by atoms with E-state index in [2.05, 4.69) is 29.6 Å². The van der Waals surface area contributed by atoms with Gasteiger partial charge in [-0.3, -0.25) is 9.59 Å². The summed E-state index contributed by atoms with van der Waals surface area (Å²) in [6, 6.07) is 10.6. The van der Waals surface area contributed by atoms with Crippen LogP contribution < -0.4 is 5.32 Å². The summed E-state index contributed by atoms with van der Waals surface area (Å²) in [5, 5.41) is 11.5. The number of carboxylic acid groups (broad SMARTS) is 1. The molecule has 4 nitrogen and oxygen atoms in total. The number of benzene rings is 1. The van der Waals surface area contributed by atoms with Crippen molar-refractivity contribution in [2.45, 2.75) is 44.6 Å². The van der Waals surface area contributed by atoms with Crippen LogP contribution in [-0.4, -0.2) is 23.0 Å². The van der Waals surface area contributed by atoms with Crippen LogP contribution in [0.2, 0.25) is 0 Å². The van der Waals surface area contributed by atoms with E-state index in [0.29, 0.717) is 5.92 Å². The third-order valence-electron chi connectivity index (χ3n) is 3.84. The topological polar surface area (TPSA) is 66.4 Å². The van der Waals surface area contributed by atoms with Crippen molar-refractivity contribution < 1.29 is 14.7 Å². The van der Waals surface area contributed by atoms with Gasteiger partial charge in [0, 0.05) is 12.5 Å². The summed E-state index contributed by atoms with van der Waals surface area (Å²) in [4.78, 5) is 22.0. The molecule has 2 N–H and O–H groups in total. The van der Waals surface area contributed by atoms with Crippen LogP contribution in [0.4, 0.5) is 0 Å². The number of carboxylic acids is 1. The second-order valence-corrected chi connectivity index (χ2v) is 5.53. The fourth-order valence-electron chi connectivity index (χ4n) is 2.86. The van der Waals surface area contributed by atoms with Crippen molar-refractivity contribution in [1.29, 1.82) is 0 Å². The van der Waals surface area contributed by atoms with E-state index in [0.717, 1.165) is 25.7 Å². The fraction of sp³-hybridized carbons (Fsp3) is 0.500. The zero-order valence-electron chi connectivity index (χ0n) is 11.5. The van der Waals surface area contributed by atoms with Crippen LogP contribution in [0.15, 0.2) is 30.3 Å². The highest BCUT2D eigenvalue weighted by Crippen LogP contribution is 2.28. The van der Waals surface area contributed by atoms with Crippen molar-refractivity contribution >= 4 is 11.9 Å². The van der Waals surface area contributed by atoms with Crippen LogP contribution in [0.5, 0.6) is 0 Å². The number of carbonyl (C=O) groups excluding carboxylic acids is 1. The van der Waals surface area contributed by atoms with Gasteiger partial charge in [0.1, 0.15) is 0 Å². The molecular formula is C16H21NO3. The lowest BCUT2D eigenvalue weighted by atomic mass is 9.98. The molecule has 20 heavy (non-hydrogen) atoms. The second kappa shape index (κ2) is 7.08. The van der Waals surface area contributed by atoms with Gasteiger partial charge in [-0.25, -0.2) is 0 Å². The van der Waals surface area contributed by atoms with Crippen molar-refractivity contribution in [3.05, 3.63) is 35.9 Å². The number of nitrogens with one attached hydrogen (secondary N) is 1. The summed E-state index contributed by atoms with van der Waals surface area (Å²) >= 11 is 0. The Labute approximate surface area is 119 Å². The van der Waals surface area contributed by atoms with E-state index in [9.17, 15) is 9.59 Å². The number of amides is 1. The summed E-state index contributed by atoms with van der Waals surface area (Å²) in [7, 11) is 0. The van der Waals surface area contributed by atoms with Crippen molar-refractivity contribution in [1.82, 2.24) is 5.32 Å². The zero-order chi connectivity index (χ0) is 14.4. The molecule has 1 aliphatic rings. The van der Waals surface area contributed by atoms with Crippen molar-refractivity contribution in [2.24, 2.45) is 5.92 Å². The Hall–Kier alpha value is -1.84. The zero-order valence-corrected chi connectivity index (χ0v) is 11.5. The predicted molar refractivity (Wildman–Crippen MR) is 76.3 cm³/mol. The van der Waals surface area contributed by atoms with Gasteiger partial charge in [0.25, 0.3) is 0 Å². The van der Waals surface area contributed by atoms with Crippen LogP contribution in [0.1, 0.15) is 37.7 Å². The first-order valence-corrected chi connectivity index (χ1v) is 7.18. The summed E-state index contributed by atoms with van der Waals surface area (Å²) in [6.07, 6.45) is 4.16. The predicted octanol–water partition coefficient (Wildman–Crippen LogP) is 2.38. The molecular weight excluding hydrogens is 254 g/mol. The van der Waals surface area contributed by atoms with Gasteiger partial charge in [-0.1, -0.05) is 30.3 Å². The minimum Gasteiger partial charge on any atom is -0.481 e. The lowest BCUT2D eigenvalue weighted by Gasteiger charge is -2.13. The molecule has 1 fully saturated rings. The Bertz CT molecular complexity index is 458. The van der Waals surface area contributed by atoms with E-state index >= 15 is 0 Å². The maximum absolute atomic E-state index is 11.6. The van der Waals surface area contributed by atoms with E-state index < -0.39 is 5.97 Å². The normalized spacial score (nSPS) is 21.6. The quantitative estimate of drug-likeness (QED) is 0.837. The summed E-state index contributed by atoms with van der Waals surface area (Å²) in [5.74, 6) is -0.450. The van der Waals surface area contributed by atoms with Gasteiger partial charge < -0.3 is 10.4 Å². The van der Waals surface area contributed by atoms with Crippen LogP contribution in [0.3, 0.4) is 0 Å². The maximum Gasteiger partial charge on any atom is 0.303 e. The molecule has 2 rings (SSSR count). The average Bonchev–Trinajstić information content (AvgIpc) is 2.85. The molecule has 0 heterocycles. The largest absolute Gasteiger partial charge is 0.481 e. The molecule has 0 saturated heterocycles. The molecule has 0 aliphatic heterocycles. The summed E-state index contributed by atoms with van der Waals surface area (Å²) < 4.78 is 0. The van der Waals surface area contributed by atoms with Gasteiger partial charge in [-0.05, 0) is 37.2 Å². The third-order valence-corrected chi connectivity index (χ3v) is 3.84. The SMILES string of the molecule is O=C(O)CCC(=O)NC1CCC(Cc2ccccc2)C1. The summed E-state index contributed by atoms with van der Waals surface area (Å²) in [6.45, 7) is 0. The van der Waals surface area contributed by atoms with Crippen LogP contribution in [-0.2, 0) is 16.0 Å². The highest BCUT2D eigenvalue weighted by molar-refractivity contribution is 5.80. The van der Waals surface area contributed by atoms with E-state index in [1.807, 2.05) is 6.07 Å². The maximum atomic E-state index is 11.6. The molecule has 1 amide bonds. The molecule has 0 radical (unpaired) electrons. The van der Waals surface area contributed by atoms with Gasteiger partial charge in [0.2, 0.25) is 5.91 Å². The van der Waals surface area contributed by atoms with Crippen molar-refractivity contribution in [3.63, 3.8) is 0 Å². The Morgan fingerprint density at radius 2 is 1.90 bits per heavy atom. The molecule has 1 aromatic rings.